The lowest BCUT2D eigenvalue weighted by atomic mass is 10.00. The number of pyridine rings is 1. The molecular weight excluding hydrogens is 468 g/mol. The van der Waals surface area contributed by atoms with Crippen LogP contribution in [0.25, 0.3) is 10.9 Å². The standard InChI is InChI=1S/C29H32N4O4/c1-32-17-9-13-24(32)28(34)31-16-14-21(18-20-10-6-5-7-11-20)33(2)29(35)23-19-25(36-3)27(37-4)22-12-8-15-30-26(22)23/h5-13,15,17,19,21H,14,16,18H2,1-4H3,(H,31,34)/t21-/m1/s1. The smallest absolute Gasteiger partial charge is 0.267 e. The molecule has 0 bridgehead atoms. The minimum Gasteiger partial charge on any atom is -0.493 e. The molecular formula is C29H32N4O4. The summed E-state index contributed by atoms with van der Waals surface area (Å²) < 4.78 is 12.9. The summed E-state index contributed by atoms with van der Waals surface area (Å²) in [5, 5.41) is 3.70. The third-order valence-electron chi connectivity index (χ3n) is 6.58. The molecule has 0 aliphatic carbocycles. The first-order valence-corrected chi connectivity index (χ1v) is 12.1. The van der Waals surface area contributed by atoms with Crippen molar-refractivity contribution in [3.63, 3.8) is 0 Å². The highest BCUT2D eigenvalue weighted by Gasteiger charge is 2.26. The number of rotatable bonds is 10. The lowest BCUT2D eigenvalue weighted by molar-refractivity contribution is 0.0724. The molecule has 0 aliphatic rings. The fourth-order valence-corrected chi connectivity index (χ4v) is 4.54. The van der Waals surface area contributed by atoms with Gasteiger partial charge in [-0.3, -0.25) is 14.6 Å². The number of fused-ring (bicyclic) bond motifs is 1. The number of likely N-dealkylation sites (N-methyl/N-ethyl adjacent to an activating group) is 1. The predicted molar refractivity (Wildman–Crippen MR) is 143 cm³/mol. The second-order valence-electron chi connectivity index (χ2n) is 8.87. The fourth-order valence-electron chi connectivity index (χ4n) is 4.54. The molecule has 8 heteroatoms. The van der Waals surface area contributed by atoms with Crippen molar-refractivity contribution in [3.05, 3.63) is 89.9 Å². The number of nitrogens with one attached hydrogen (secondary N) is 1. The summed E-state index contributed by atoms with van der Waals surface area (Å²) in [5.74, 6) is 0.678. The molecule has 2 aromatic heterocycles. The van der Waals surface area contributed by atoms with Crippen LogP contribution in [0.15, 0.2) is 73.1 Å². The molecule has 4 rings (SSSR count). The third kappa shape index (κ3) is 5.58. The maximum absolute atomic E-state index is 13.9. The van der Waals surface area contributed by atoms with Gasteiger partial charge in [0.2, 0.25) is 0 Å². The van der Waals surface area contributed by atoms with Gasteiger partial charge in [-0.2, -0.15) is 0 Å². The van der Waals surface area contributed by atoms with E-state index in [0.717, 1.165) is 5.56 Å². The number of benzene rings is 2. The van der Waals surface area contributed by atoms with E-state index < -0.39 is 0 Å². The first kappa shape index (κ1) is 25.8. The van der Waals surface area contributed by atoms with Crippen LogP contribution in [0.4, 0.5) is 0 Å². The molecule has 0 spiro atoms. The summed E-state index contributed by atoms with van der Waals surface area (Å²) in [6, 6.07) is 18.8. The van der Waals surface area contributed by atoms with E-state index >= 15 is 0 Å². The Morgan fingerprint density at radius 2 is 1.84 bits per heavy atom. The fraction of sp³-hybridized carbons (Fsp3) is 0.276. The number of aromatic nitrogens is 2. The Morgan fingerprint density at radius 3 is 2.51 bits per heavy atom. The van der Waals surface area contributed by atoms with Crippen LogP contribution in [0, 0.1) is 0 Å². The van der Waals surface area contributed by atoms with Gasteiger partial charge < -0.3 is 24.3 Å². The highest BCUT2D eigenvalue weighted by Crippen LogP contribution is 2.37. The van der Waals surface area contributed by atoms with Crippen LogP contribution in [-0.4, -0.2) is 60.1 Å². The van der Waals surface area contributed by atoms with Gasteiger partial charge in [0.25, 0.3) is 11.8 Å². The van der Waals surface area contributed by atoms with E-state index in [2.05, 4.69) is 10.3 Å². The van der Waals surface area contributed by atoms with Gasteiger partial charge in [0.05, 0.1) is 25.3 Å². The Bertz CT molecular complexity index is 1380. The molecule has 0 saturated carbocycles. The van der Waals surface area contributed by atoms with E-state index in [-0.39, 0.29) is 17.9 Å². The van der Waals surface area contributed by atoms with Crippen LogP contribution < -0.4 is 14.8 Å². The number of hydrogen-bond donors (Lipinski definition) is 1. The SMILES string of the molecule is COc1cc(C(=O)N(C)[C@H](CCNC(=O)c2cccn2C)Cc2ccccc2)c2ncccc2c1OC. The predicted octanol–water partition coefficient (Wildman–Crippen LogP) is 4.09. The van der Waals surface area contributed by atoms with Crippen LogP contribution in [0.1, 0.15) is 32.8 Å². The van der Waals surface area contributed by atoms with Crippen LogP contribution in [0.2, 0.25) is 0 Å². The number of methoxy groups -OCH3 is 2. The van der Waals surface area contributed by atoms with Crippen molar-refractivity contribution in [1.82, 2.24) is 19.8 Å². The van der Waals surface area contributed by atoms with Gasteiger partial charge in [0.1, 0.15) is 5.69 Å². The zero-order chi connectivity index (χ0) is 26.4. The average molecular weight is 501 g/mol. The van der Waals surface area contributed by atoms with Crippen molar-refractivity contribution >= 4 is 22.7 Å². The summed E-state index contributed by atoms with van der Waals surface area (Å²) in [5.41, 5.74) is 2.68. The highest BCUT2D eigenvalue weighted by atomic mass is 16.5. The minimum absolute atomic E-state index is 0.143. The van der Waals surface area contributed by atoms with Gasteiger partial charge in [-0.1, -0.05) is 30.3 Å². The van der Waals surface area contributed by atoms with Crippen LogP contribution in [0.3, 0.4) is 0 Å². The van der Waals surface area contributed by atoms with E-state index in [1.807, 2.05) is 55.7 Å². The molecule has 1 atom stereocenters. The van der Waals surface area contributed by atoms with Crippen LogP contribution in [0.5, 0.6) is 11.5 Å². The summed E-state index contributed by atoms with van der Waals surface area (Å²) in [7, 11) is 6.74. The molecule has 37 heavy (non-hydrogen) atoms. The molecule has 0 unspecified atom stereocenters. The van der Waals surface area contributed by atoms with Crippen molar-refractivity contribution in [2.24, 2.45) is 7.05 Å². The molecule has 192 valence electrons. The topological polar surface area (TPSA) is 85.7 Å². The van der Waals surface area contributed by atoms with E-state index in [1.54, 1.807) is 55.1 Å². The van der Waals surface area contributed by atoms with Gasteiger partial charge in [0, 0.05) is 44.5 Å². The number of carbonyl (C=O) groups is 2. The molecule has 0 radical (unpaired) electrons. The number of amides is 2. The van der Waals surface area contributed by atoms with E-state index in [0.29, 0.717) is 53.0 Å². The lowest BCUT2D eigenvalue weighted by Gasteiger charge is -2.29. The van der Waals surface area contributed by atoms with Gasteiger partial charge in [0.15, 0.2) is 11.5 Å². The quantitative estimate of drug-likeness (QED) is 0.355. The number of hydrogen-bond acceptors (Lipinski definition) is 5. The summed E-state index contributed by atoms with van der Waals surface area (Å²) in [4.78, 5) is 32.7. The first-order chi connectivity index (χ1) is 17.9. The normalized spacial score (nSPS) is 11.7. The Balaban J connectivity index is 1.61. The minimum atomic E-state index is -0.181. The molecule has 2 aromatic carbocycles. The van der Waals surface area contributed by atoms with Gasteiger partial charge in [-0.25, -0.2) is 0 Å². The second kappa shape index (κ2) is 11.6. The summed E-state index contributed by atoms with van der Waals surface area (Å²) >= 11 is 0. The maximum Gasteiger partial charge on any atom is 0.267 e. The van der Waals surface area contributed by atoms with Gasteiger partial charge in [-0.05, 0) is 48.7 Å². The number of ether oxygens (including phenoxy) is 2. The number of nitrogens with zero attached hydrogens (tertiary/aromatic N) is 3. The van der Waals surface area contributed by atoms with E-state index in [4.69, 9.17) is 9.47 Å². The molecule has 0 saturated heterocycles. The molecule has 0 aliphatic heterocycles. The van der Waals surface area contributed by atoms with Crippen molar-refractivity contribution in [2.45, 2.75) is 18.9 Å². The Labute approximate surface area is 216 Å². The van der Waals surface area contributed by atoms with Crippen molar-refractivity contribution in [3.8, 4) is 11.5 Å². The van der Waals surface area contributed by atoms with Gasteiger partial charge >= 0.3 is 0 Å². The second-order valence-corrected chi connectivity index (χ2v) is 8.87. The van der Waals surface area contributed by atoms with Crippen LogP contribution >= 0.6 is 0 Å². The highest BCUT2D eigenvalue weighted by molar-refractivity contribution is 6.08. The molecule has 2 heterocycles. The number of carbonyl (C=O) groups excluding carboxylic acids is 2. The van der Waals surface area contributed by atoms with Crippen LogP contribution in [-0.2, 0) is 13.5 Å². The molecule has 2 amide bonds. The third-order valence-corrected chi connectivity index (χ3v) is 6.58. The monoisotopic (exact) mass is 500 g/mol. The molecule has 8 nitrogen and oxygen atoms in total. The van der Waals surface area contributed by atoms with E-state index in [9.17, 15) is 9.59 Å². The Morgan fingerprint density at radius 1 is 1.05 bits per heavy atom. The van der Waals surface area contributed by atoms with Gasteiger partial charge in [-0.15, -0.1) is 0 Å². The molecule has 4 aromatic rings. The summed E-state index contributed by atoms with van der Waals surface area (Å²) in [6.45, 7) is 0.421. The Hall–Kier alpha value is -4.33. The zero-order valence-electron chi connectivity index (χ0n) is 21.6. The van der Waals surface area contributed by atoms with Crippen molar-refractivity contribution in [1.29, 1.82) is 0 Å². The maximum atomic E-state index is 13.9. The zero-order valence-corrected chi connectivity index (χ0v) is 21.6. The Kier molecular flexibility index (Phi) is 8.08. The lowest BCUT2D eigenvalue weighted by Crippen LogP contribution is -2.41. The first-order valence-electron chi connectivity index (χ1n) is 12.1. The van der Waals surface area contributed by atoms with E-state index in [1.165, 1.54) is 0 Å². The summed E-state index contributed by atoms with van der Waals surface area (Å²) in [6.07, 6.45) is 4.71. The number of aryl methyl sites for hydroxylation is 1. The van der Waals surface area contributed by atoms with Crippen molar-refractivity contribution < 1.29 is 19.1 Å². The largest absolute Gasteiger partial charge is 0.493 e. The van der Waals surface area contributed by atoms with Crippen molar-refractivity contribution in [2.75, 3.05) is 27.8 Å². The molecule has 0 fully saturated rings. The average Bonchev–Trinajstić information content (AvgIpc) is 3.37. The molecule has 1 N–H and O–H groups in total.